The third-order valence-corrected chi connectivity index (χ3v) is 5.66. The largest absolute Gasteiger partial charge is 0.461 e. The second-order valence-electron chi connectivity index (χ2n) is 8.98. The topological polar surface area (TPSA) is 26.3 Å². The zero-order valence-corrected chi connectivity index (χ0v) is 20.1. The van der Waals surface area contributed by atoms with Crippen LogP contribution in [0.1, 0.15) is 86.5 Å². The van der Waals surface area contributed by atoms with E-state index in [2.05, 4.69) is 64.2 Å². The van der Waals surface area contributed by atoms with E-state index in [4.69, 9.17) is 4.74 Å². The van der Waals surface area contributed by atoms with Crippen LogP contribution in [0.5, 0.6) is 0 Å². The van der Waals surface area contributed by atoms with Gasteiger partial charge < -0.3 is 4.74 Å². The molecule has 0 bridgehead atoms. The fraction of sp³-hybridized carbons (Fsp3) is 0.536. The molecule has 1 rings (SSSR count). The van der Waals surface area contributed by atoms with Crippen LogP contribution in [0.3, 0.4) is 0 Å². The van der Waals surface area contributed by atoms with Crippen molar-refractivity contribution in [3.8, 4) is 0 Å². The van der Waals surface area contributed by atoms with Crippen molar-refractivity contribution >= 4 is 5.97 Å². The van der Waals surface area contributed by atoms with E-state index in [0.717, 1.165) is 24.8 Å². The smallest absolute Gasteiger partial charge is 0.306 e. The Hall–Kier alpha value is -2.09. The molecule has 0 N–H and O–H groups in total. The molecule has 2 nitrogen and oxygen atoms in total. The van der Waals surface area contributed by atoms with Gasteiger partial charge in [-0.3, -0.25) is 4.79 Å². The molecule has 0 heterocycles. The summed E-state index contributed by atoms with van der Waals surface area (Å²) in [6.07, 6.45) is 24.1. The van der Waals surface area contributed by atoms with E-state index >= 15 is 0 Å². The van der Waals surface area contributed by atoms with Gasteiger partial charge >= 0.3 is 5.97 Å². The standard InChI is InChI=1S/C28H42O2/c1-7-8-9-10-11-17-27(29)30-22-20-24(3)15-12-14-23(2)18-19-26-25(4)16-13-21-28(26,5)6/h7-8,12,14-15,18-20H,9-11,13,16-17,21-22H2,1-6H3/b8-7+,15-12+,19-18+,23-14+,24-20+. The van der Waals surface area contributed by atoms with Crippen LogP contribution in [0.15, 0.2) is 70.9 Å². The van der Waals surface area contributed by atoms with Crippen LogP contribution in [0.4, 0.5) is 0 Å². The van der Waals surface area contributed by atoms with Crippen molar-refractivity contribution in [1.29, 1.82) is 0 Å². The van der Waals surface area contributed by atoms with Gasteiger partial charge in [0.15, 0.2) is 0 Å². The van der Waals surface area contributed by atoms with Gasteiger partial charge in [-0.2, -0.15) is 0 Å². The van der Waals surface area contributed by atoms with E-state index in [1.54, 1.807) is 0 Å². The SMILES string of the molecule is C/C=C/CCCCC(=O)OC/C=C(C)/C=C/C=C(C)/C=C/C1=C(C)CCCC1(C)C. The number of esters is 1. The van der Waals surface area contributed by atoms with Gasteiger partial charge in [0.2, 0.25) is 0 Å². The molecule has 166 valence electrons. The Kier molecular flexibility index (Phi) is 12.1. The van der Waals surface area contributed by atoms with Crippen molar-refractivity contribution in [2.24, 2.45) is 5.41 Å². The highest BCUT2D eigenvalue weighted by molar-refractivity contribution is 5.69. The number of carbonyl (C=O) groups is 1. The average molecular weight is 411 g/mol. The van der Waals surface area contributed by atoms with Gasteiger partial charge in [-0.25, -0.2) is 0 Å². The lowest BCUT2D eigenvalue weighted by Gasteiger charge is -2.32. The van der Waals surface area contributed by atoms with Gasteiger partial charge in [0.1, 0.15) is 6.61 Å². The minimum Gasteiger partial charge on any atom is -0.461 e. The molecule has 1 aliphatic carbocycles. The van der Waals surface area contributed by atoms with E-state index in [1.165, 1.54) is 36.0 Å². The number of unbranched alkanes of at least 4 members (excludes halogenated alkanes) is 2. The third-order valence-electron chi connectivity index (χ3n) is 5.66. The summed E-state index contributed by atoms with van der Waals surface area (Å²) in [6.45, 7) is 13.5. The van der Waals surface area contributed by atoms with Crippen molar-refractivity contribution in [3.05, 3.63) is 70.9 Å². The Morgan fingerprint density at radius 2 is 1.90 bits per heavy atom. The number of ether oxygens (including phenoxy) is 1. The molecular formula is C28H42O2. The number of hydrogen-bond acceptors (Lipinski definition) is 2. The second kappa shape index (κ2) is 14.0. The van der Waals surface area contributed by atoms with Crippen LogP contribution < -0.4 is 0 Å². The van der Waals surface area contributed by atoms with Crippen LogP contribution in [-0.4, -0.2) is 12.6 Å². The van der Waals surface area contributed by atoms with Crippen LogP contribution in [0.25, 0.3) is 0 Å². The van der Waals surface area contributed by atoms with Crippen molar-refractivity contribution in [2.75, 3.05) is 6.61 Å². The first kappa shape index (κ1) is 25.9. The molecule has 0 saturated carbocycles. The van der Waals surface area contributed by atoms with Gasteiger partial charge in [0.05, 0.1) is 0 Å². The third kappa shape index (κ3) is 10.6. The molecule has 1 aliphatic rings. The summed E-state index contributed by atoms with van der Waals surface area (Å²) in [5.74, 6) is -0.111. The van der Waals surface area contributed by atoms with Gasteiger partial charge in [-0.15, -0.1) is 0 Å². The fourth-order valence-electron chi connectivity index (χ4n) is 3.74. The van der Waals surface area contributed by atoms with Crippen LogP contribution >= 0.6 is 0 Å². The van der Waals surface area contributed by atoms with E-state index in [-0.39, 0.29) is 11.4 Å². The Labute approximate surface area is 185 Å². The first-order valence-electron chi connectivity index (χ1n) is 11.4. The molecular weight excluding hydrogens is 368 g/mol. The Balaban J connectivity index is 2.44. The maximum atomic E-state index is 11.7. The summed E-state index contributed by atoms with van der Waals surface area (Å²) in [4.78, 5) is 11.7. The van der Waals surface area contributed by atoms with Crippen LogP contribution in [0, 0.1) is 5.41 Å². The van der Waals surface area contributed by atoms with E-state index in [9.17, 15) is 4.79 Å². The molecule has 0 amide bonds. The van der Waals surface area contributed by atoms with Gasteiger partial charge in [-0.1, -0.05) is 73.1 Å². The number of allylic oxidation sites excluding steroid dienone is 11. The Morgan fingerprint density at radius 3 is 2.60 bits per heavy atom. The lowest BCUT2D eigenvalue weighted by molar-refractivity contribution is -0.142. The van der Waals surface area contributed by atoms with Crippen LogP contribution in [-0.2, 0) is 9.53 Å². The molecule has 0 atom stereocenters. The molecule has 0 aromatic carbocycles. The predicted octanol–water partition coefficient (Wildman–Crippen LogP) is 8.20. The van der Waals surface area contributed by atoms with Crippen molar-refractivity contribution in [3.63, 3.8) is 0 Å². The molecule has 2 heteroatoms. The second-order valence-corrected chi connectivity index (χ2v) is 8.98. The van der Waals surface area contributed by atoms with Gasteiger partial charge in [-0.05, 0) is 83.3 Å². The van der Waals surface area contributed by atoms with E-state index in [0.29, 0.717) is 13.0 Å². The predicted molar refractivity (Wildman–Crippen MR) is 130 cm³/mol. The van der Waals surface area contributed by atoms with Crippen molar-refractivity contribution < 1.29 is 9.53 Å². The lowest BCUT2D eigenvalue weighted by atomic mass is 9.72. The lowest BCUT2D eigenvalue weighted by Crippen LogP contribution is -2.19. The minimum absolute atomic E-state index is 0.111. The summed E-state index contributed by atoms with van der Waals surface area (Å²) in [5, 5.41) is 0. The van der Waals surface area contributed by atoms with Crippen LogP contribution in [0.2, 0.25) is 0 Å². The molecule has 0 fully saturated rings. The quantitative estimate of drug-likeness (QED) is 0.148. The fourth-order valence-corrected chi connectivity index (χ4v) is 3.74. The summed E-state index contributed by atoms with van der Waals surface area (Å²) >= 11 is 0. The van der Waals surface area contributed by atoms with Gasteiger partial charge in [0, 0.05) is 6.42 Å². The molecule has 0 aromatic heterocycles. The maximum absolute atomic E-state index is 11.7. The first-order valence-corrected chi connectivity index (χ1v) is 11.4. The molecule has 0 aliphatic heterocycles. The molecule has 0 radical (unpaired) electrons. The molecule has 30 heavy (non-hydrogen) atoms. The highest BCUT2D eigenvalue weighted by Gasteiger charge is 2.26. The van der Waals surface area contributed by atoms with E-state index < -0.39 is 0 Å². The number of hydrogen-bond donors (Lipinski definition) is 0. The zero-order chi connectivity index (χ0) is 22.4. The van der Waals surface area contributed by atoms with Gasteiger partial charge in [0.25, 0.3) is 0 Å². The highest BCUT2D eigenvalue weighted by atomic mass is 16.5. The normalized spacial score (nSPS) is 18.2. The summed E-state index contributed by atoms with van der Waals surface area (Å²) in [5.41, 5.74) is 5.61. The highest BCUT2D eigenvalue weighted by Crippen LogP contribution is 2.40. The first-order chi connectivity index (χ1) is 14.3. The van der Waals surface area contributed by atoms with E-state index in [1.807, 2.05) is 26.0 Å². The summed E-state index contributed by atoms with van der Waals surface area (Å²) < 4.78 is 5.28. The summed E-state index contributed by atoms with van der Waals surface area (Å²) in [7, 11) is 0. The molecule has 0 aromatic rings. The number of rotatable bonds is 11. The zero-order valence-electron chi connectivity index (χ0n) is 20.1. The maximum Gasteiger partial charge on any atom is 0.306 e. The summed E-state index contributed by atoms with van der Waals surface area (Å²) in [6, 6.07) is 0. The number of carbonyl (C=O) groups excluding carboxylic acids is 1. The average Bonchev–Trinajstić information content (AvgIpc) is 2.67. The van der Waals surface area contributed by atoms with Crippen molar-refractivity contribution in [2.45, 2.75) is 86.5 Å². The van der Waals surface area contributed by atoms with Crippen molar-refractivity contribution in [1.82, 2.24) is 0 Å². The Morgan fingerprint density at radius 1 is 1.13 bits per heavy atom. The molecule has 0 spiro atoms. The molecule has 0 saturated heterocycles. The minimum atomic E-state index is -0.111. The molecule has 0 unspecified atom stereocenters. The monoisotopic (exact) mass is 410 g/mol. The Bertz CT molecular complexity index is 724.